The van der Waals surface area contributed by atoms with Gasteiger partial charge in [0.1, 0.15) is 0 Å². The average molecular weight is 628 g/mol. The molecular weight excluding hydrogens is 625 g/mol. The Morgan fingerprint density at radius 3 is 1.70 bits per heavy atom. The molecule has 1 radical (unpaired) electrons. The number of rotatable bonds is 2. The van der Waals surface area contributed by atoms with Gasteiger partial charge in [0, 0.05) is 25.2 Å². The SMILES string of the molecule is FC(F)(F)C(F)(c1cc(I)[c]c(I)c1CC(Cl)(Cl)Cl)C(F)(F)F. The largest absolute Gasteiger partial charge is 0.435 e. The van der Waals surface area contributed by atoms with Crippen molar-refractivity contribution in [3.05, 3.63) is 30.4 Å². The fourth-order valence-corrected chi connectivity index (χ4v) is 3.97. The van der Waals surface area contributed by atoms with E-state index in [4.69, 9.17) is 34.8 Å². The molecule has 12 heteroatoms. The maximum absolute atomic E-state index is 14.3. The second kappa shape index (κ2) is 6.99. The quantitative estimate of drug-likeness (QED) is 0.190. The Morgan fingerprint density at radius 2 is 1.35 bits per heavy atom. The van der Waals surface area contributed by atoms with E-state index in [9.17, 15) is 30.7 Å². The summed E-state index contributed by atoms with van der Waals surface area (Å²) in [6.07, 6.45) is -13.3. The van der Waals surface area contributed by atoms with Crippen LogP contribution < -0.4 is 0 Å². The second-order valence-electron chi connectivity index (χ2n) is 4.27. The van der Waals surface area contributed by atoms with Gasteiger partial charge >= 0.3 is 18.0 Å². The molecule has 1 aromatic rings. The Kier molecular flexibility index (Phi) is 6.72. The van der Waals surface area contributed by atoms with Crippen LogP contribution in [0.1, 0.15) is 11.1 Å². The summed E-state index contributed by atoms with van der Waals surface area (Å²) in [4.78, 5) is 0. The summed E-state index contributed by atoms with van der Waals surface area (Å²) in [5.41, 5.74) is -7.97. The van der Waals surface area contributed by atoms with E-state index < -0.39 is 39.4 Å². The predicted octanol–water partition coefficient (Wildman–Crippen LogP) is 6.90. The lowest BCUT2D eigenvalue weighted by molar-refractivity contribution is -0.348. The Balaban J connectivity index is 3.80. The maximum atomic E-state index is 14.3. The molecule has 0 amide bonds. The summed E-state index contributed by atoms with van der Waals surface area (Å²) in [6, 6.07) is 2.87. The minimum atomic E-state index is -6.25. The highest BCUT2D eigenvalue weighted by Gasteiger charge is 2.74. The van der Waals surface area contributed by atoms with Crippen molar-refractivity contribution in [2.24, 2.45) is 0 Å². The molecule has 0 aliphatic rings. The van der Waals surface area contributed by atoms with Gasteiger partial charge in [0.05, 0.1) is 0 Å². The van der Waals surface area contributed by atoms with Crippen LogP contribution in [-0.2, 0) is 12.1 Å². The zero-order valence-electron chi connectivity index (χ0n) is 10.3. The van der Waals surface area contributed by atoms with E-state index in [1.54, 1.807) is 0 Å². The molecule has 0 spiro atoms. The second-order valence-corrected chi connectivity index (χ2v) is 9.03. The van der Waals surface area contributed by atoms with Crippen LogP contribution in [0.4, 0.5) is 30.7 Å². The van der Waals surface area contributed by atoms with Gasteiger partial charge in [-0.2, -0.15) is 26.3 Å². The monoisotopic (exact) mass is 627 g/mol. The molecule has 0 aliphatic heterocycles. The van der Waals surface area contributed by atoms with E-state index >= 15 is 0 Å². The Morgan fingerprint density at radius 1 is 0.913 bits per heavy atom. The lowest BCUT2D eigenvalue weighted by Gasteiger charge is -2.33. The van der Waals surface area contributed by atoms with Crippen molar-refractivity contribution < 1.29 is 30.7 Å². The molecule has 0 saturated carbocycles. The summed E-state index contributed by atoms with van der Waals surface area (Å²) in [5.74, 6) is 0. The molecule has 0 N–H and O–H groups in total. The Bertz CT molecular complexity index is 579. The fourth-order valence-electron chi connectivity index (χ4n) is 1.70. The zero-order chi connectivity index (χ0) is 18.4. The van der Waals surface area contributed by atoms with Gasteiger partial charge in [0.15, 0.2) is 3.79 Å². The molecule has 1 rings (SSSR count). The number of halogens is 12. The molecule has 0 atom stereocenters. The Labute approximate surface area is 168 Å². The van der Waals surface area contributed by atoms with E-state index in [1.807, 2.05) is 0 Å². The molecule has 0 heterocycles. The number of hydrogen-bond donors (Lipinski definition) is 0. The highest BCUT2D eigenvalue weighted by molar-refractivity contribution is 14.1. The first-order chi connectivity index (χ1) is 10.0. The van der Waals surface area contributed by atoms with Crippen molar-refractivity contribution >= 4 is 80.0 Å². The zero-order valence-corrected chi connectivity index (χ0v) is 16.9. The van der Waals surface area contributed by atoms with Crippen molar-refractivity contribution in [2.45, 2.75) is 28.2 Å². The van der Waals surface area contributed by atoms with Crippen molar-refractivity contribution in [1.82, 2.24) is 0 Å². The van der Waals surface area contributed by atoms with Crippen LogP contribution in [0.3, 0.4) is 0 Å². The van der Waals surface area contributed by atoms with Crippen molar-refractivity contribution in [3.8, 4) is 0 Å². The van der Waals surface area contributed by atoms with Crippen molar-refractivity contribution in [3.63, 3.8) is 0 Å². The molecule has 0 bridgehead atoms. The molecule has 23 heavy (non-hydrogen) atoms. The van der Waals surface area contributed by atoms with Gasteiger partial charge in [0.2, 0.25) is 0 Å². The van der Waals surface area contributed by atoms with Crippen LogP contribution in [0.15, 0.2) is 6.07 Å². The van der Waals surface area contributed by atoms with Gasteiger partial charge in [0.25, 0.3) is 0 Å². The summed E-state index contributed by atoms with van der Waals surface area (Å²) >= 11 is 19.2. The molecule has 0 fully saturated rings. The summed E-state index contributed by atoms with van der Waals surface area (Å²) in [6.45, 7) is 0. The highest BCUT2D eigenvalue weighted by atomic mass is 127. The molecule has 0 aromatic heterocycles. The van der Waals surface area contributed by atoms with Crippen molar-refractivity contribution in [1.29, 1.82) is 0 Å². The van der Waals surface area contributed by atoms with E-state index in [0.29, 0.717) is 6.07 Å². The predicted molar refractivity (Wildman–Crippen MR) is 89.6 cm³/mol. The lowest BCUT2D eigenvalue weighted by Crippen LogP contribution is -2.51. The first kappa shape index (κ1) is 22.1. The first-order valence-corrected chi connectivity index (χ1v) is 8.59. The van der Waals surface area contributed by atoms with Gasteiger partial charge in [-0.3, -0.25) is 0 Å². The average Bonchev–Trinajstić information content (AvgIpc) is 2.26. The normalized spacial score (nSPS) is 14.3. The van der Waals surface area contributed by atoms with Gasteiger partial charge < -0.3 is 0 Å². The van der Waals surface area contributed by atoms with Crippen LogP contribution in [-0.4, -0.2) is 16.1 Å². The van der Waals surface area contributed by atoms with Crippen LogP contribution >= 0.6 is 80.0 Å². The maximum Gasteiger partial charge on any atom is 0.435 e. The van der Waals surface area contributed by atoms with Gasteiger partial charge in [-0.05, 0) is 56.8 Å². The van der Waals surface area contributed by atoms with Crippen LogP contribution in [0.2, 0.25) is 0 Å². The minimum Gasteiger partial charge on any atom is -0.218 e. The molecule has 0 saturated heterocycles. The van der Waals surface area contributed by atoms with E-state index in [-0.39, 0.29) is 7.14 Å². The molecule has 0 unspecified atom stereocenters. The third-order valence-corrected chi connectivity index (χ3v) is 4.52. The van der Waals surface area contributed by atoms with E-state index in [0.717, 1.165) is 0 Å². The van der Waals surface area contributed by atoms with Crippen LogP contribution in [0.25, 0.3) is 0 Å². The summed E-state index contributed by atoms with van der Waals surface area (Å²) < 4.78 is 89.5. The van der Waals surface area contributed by atoms with Crippen molar-refractivity contribution in [2.75, 3.05) is 0 Å². The van der Waals surface area contributed by atoms with E-state index in [1.165, 1.54) is 45.2 Å². The summed E-state index contributed by atoms with van der Waals surface area (Å²) in [5, 5.41) is 0. The Hall–Kier alpha value is 1.06. The van der Waals surface area contributed by atoms with Gasteiger partial charge in [-0.15, -0.1) is 0 Å². The minimum absolute atomic E-state index is 0.148. The smallest absolute Gasteiger partial charge is 0.218 e. The van der Waals surface area contributed by atoms with Gasteiger partial charge in [-0.25, -0.2) is 4.39 Å². The molecular formula is C11H3Cl3F7I2. The molecule has 131 valence electrons. The fraction of sp³-hybridized carbons (Fsp3) is 0.455. The van der Waals surface area contributed by atoms with Gasteiger partial charge in [-0.1, -0.05) is 34.8 Å². The summed E-state index contributed by atoms with van der Waals surface area (Å²) in [7, 11) is 0. The third-order valence-electron chi connectivity index (χ3n) is 2.62. The number of alkyl halides is 10. The standard InChI is InChI=1S/C11H3Cl3F7I2/c12-8(13,14)3-5-6(1-4(22)2-7(5)23)9(15,10(16,17)18)11(19,20)21/h1H,3H2. The van der Waals surface area contributed by atoms with Crippen LogP contribution in [0.5, 0.6) is 0 Å². The molecule has 0 nitrogen and oxygen atoms in total. The highest BCUT2D eigenvalue weighted by Crippen LogP contribution is 2.55. The van der Waals surface area contributed by atoms with E-state index in [2.05, 4.69) is 6.07 Å². The molecule has 1 aromatic carbocycles. The third kappa shape index (κ3) is 4.82. The molecule has 0 aliphatic carbocycles. The number of benzene rings is 1. The lowest BCUT2D eigenvalue weighted by atomic mass is 9.89. The first-order valence-electron chi connectivity index (χ1n) is 5.30. The van der Waals surface area contributed by atoms with Crippen LogP contribution in [0, 0.1) is 13.2 Å². The topological polar surface area (TPSA) is 0 Å². The number of hydrogen-bond acceptors (Lipinski definition) is 0.